The normalized spacial score (nSPS) is 11.8. The third-order valence-electron chi connectivity index (χ3n) is 13.6. The highest BCUT2D eigenvalue weighted by atomic mass is 16.2. The predicted octanol–water partition coefficient (Wildman–Crippen LogP) is -2.15. The Morgan fingerprint density at radius 1 is 0.386 bits per heavy atom. The Bertz CT molecular complexity index is 2330. The van der Waals surface area contributed by atoms with Crippen molar-refractivity contribution < 1.29 is 57.5 Å². The summed E-state index contributed by atoms with van der Waals surface area (Å²) >= 11 is 0. The van der Waals surface area contributed by atoms with Gasteiger partial charge in [0.2, 0.25) is 65.0 Å². The summed E-state index contributed by atoms with van der Waals surface area (Å²) in [5, 5.41) is 16.9. The van der Waals surface area contributed by atoms with Crippen molar-refractivity contribution in [2.45, 2.75) is 165 Å². The molecule has 0 aliphatic heterocycles. The molecular weight excluding hydrogens is 1140 g/mol. The molecule has 88 heavy (non-hydrogen) atoms. The summed E-state index contributed by atoms with van der Waals surface area (Å²) in [5.41, 5.74) is 21.0. The van der Waals surface area contributed by atoms with Gasteiger partial charge in [0.1, 0.15) is 6.04 Å². The van der Waals surface area contributed by atoms with Crippen molar-refractivity contribution in [2.75, 3.05) is 118 Å². The molecule has 0 aromatic carbocycles. The summed E-state index contributed by atoms with van der Waals surface area (Å²) in [4.78, 5) is 175. The lowest BCUT2D eigenvalue weighted by Gasteiger charge is -2.34. The second-order valence-electron chi connectivity index (χ2n) is 23.0. The molecular formula is C58H108N18O12. The second kappa shape index (κ2) is 43.1. The number of hydrogen-bond donors (Lipinski definition) is 10. The number of Topliss-reactive ketones (excluding diaryl/α,β-unsaturated/α-hetero) is 1. The summed E-state index contributed by atoms with van der Waals surface area (Å²) in [7, 11) is 0. The molecule has 0 bridgehead atoms. The van der Waals surface area contributed by atoms with Gasteiger partial charge in [0.05, 0.1) is 32.2 Å². The molecule has 0 aromatic rings. The Morgan fingerprint density at radius 3 is 0.966 bits per heavy atom. The van der Waals surface area contributed by atoms with Gasteiger partial charge in [-0.15, -0.1) is 0 Å². The van der Waals surface area contributed by atoms with Crippen LogP contribution in [0, 0.1) is 5.41 Å². The number of carbonyl (C=O) groups is 12. The van der Waals surface area contributed by atoms with E-state index in [1.54, 1.807) is 62.3 Å². The lowest BCUT2D eigenvalue weighted by molar-refractivity contribution is -0.143. The molecule has 2 atom stereocenters. The first-order valence-electron chi connectivity index (χ1n) is 30.7. The van der Waals surface area contributed by atoms with Gasteiger partial charge in [0, 0.05) is 141 Å². The molecule has 0 unspecified atom stereocenters. The smallest absolute Gasteiger partial charge is 0.242 e. The molecule has 0 saturated heterocycles. The summed E-state index contributed by atoms with van der Waals surface area (Å²) in [5.74, 6) is -5.17. The average molecular weight is 1250 g/mol. The maximum absolute atomic E-state index is 14.0. The summed E-state index contributed by atoms with van der Waals surface area (Å²) < 4.78 is 0. The number of guanidine groups is 2. The van der Waals surface area contributed by atoms with Crippen molar-refractivity contribution in [1.82, 2.24) is 61.3 Å². The van der Waals surface area contributed by atoms with Crippen LogP contribution in [0.3, 0.4) is 0 Å². The van der Waals surface area contributed by atoms with Crippen molar-refractivity contribution in [1.29, 1.82) is 0 Å². The van der Waals surface area contributed by atoms with E-state index in [9.17, 15) is 57.5 Å². The molecule has 11 amide bonds. The summed E-state index contributed by atoms with van der Waals surface area (Å²) in [6, 6.07) is -1.89. The Labute approximate surface area is 520 Å². The van der Waals surface area contributed by atoms with Crippen molar-refractivity contribution in [2.24, 2.45) is 38.3 Å². The lowest BCUT2D eigenvalue weighted by Crippen LogP contribution is -2.53. The number of nitrogens with zero attached hydrogens (tertiary/aromatic N) is 8. The largest absolute Gasteiger partial charge is 0.370 e. The molecule has 0 rings (SSSR count). The van der Waals surface area contributed by atoms with Crippen LogP contribution in [0.2, 0.25) is 0 Å². The van der Waals surface area contributed by atoms with Gasteiger partial charge in [0.25, 0.3) is 0 Å². The molecule has 14 N–H and O–H groups in total. The Hall–Kier alpha value is -7.66. The van der Waals surface area contributed by atoms with Crippen LogP contribution in [0.1, 0.15) is 147 Å². The maximum atomic E-state index is 14.0. The average Bonchev–Trinajstić information content (AvgIpc) is 2.67. The zero-order valence-corrected chi connectivity index (χ0v) is 54.7. The first-order valence-corrected chi connectivity index (χ1v) is 30.7. The van der Waals surface area contributed by atoms with Gasteiger partial charge in [-0.3, -0.25) is 67.5 Å². The van der Waals surface area contributed by atoms with Crippen LogP contribution in [0.5, 0.6) is 0 Å². The fraction of sp³-hybridized carbons (Fsp3) is 0.759. The minimum atomic E-state index is -1.09. The number of carbonyl (C=O) groups excluding carboxylic acids is 12. The third-order valence-corrected chi connectivity index (χ3v) is 13.6. The molecule has 30 heteroatoms. The number of ketones is 1. The minimum Gasteiger partial charge on any atom is -0.370 e. The predicted molar refractivity (Wildman–Crippen MR) is 336 cm³/mol. The minimum absolute atomic E-state index is 0.00414. The molecule has 0 saturated carbocycles. The number of nitrogens with two attached hydrogens (primary N) is 4. The topological polar surface area (TPSA) is 425 Å². The molecule has 30 nitrogen and oxygen atoms in total. The maximum Gasteiger partial charge on any atom is 0.242 e. The zero-order valence-electron chi connectivity index (χ0n) is 54.7. The molecule has 0 heterocycles. The number of nitrogens with one attached hydrogen (secondary N) is 6. The monoisotopic (exact) mass is 1250 g/mol. The summed E-state index contributed by atoms with van der Waals surface area (Å²) in [6.07, 6.45) is 1.53. The highest BCUT2D eigenvalue weighted by molar-refractivity contribution is 5.93. The first kappa shape index (κ1) is 80.3. The molecule has 0 aliphatic rings. The van der Waals surface area contributed by atoms with Gasteiger partial charge in [-0.25, -0.2) is 0 Å². The summed E-state index contributed by atoms with van der Waals surface area (Å²) in [6.45, 7) is 20.3. The number of aliphatic imine (C=N–C) groups is 2. The first-order chi connectivity index (χ1) is 41.3. The third kappa shape index (κ3) is 34.0. The standard InChI is InChI=1S/C58H108N18O12/c1-13-47(81)71(38-45(79)65-28-35-75(51(85)17-5)41(53(87)57(7,8)9)21-19-23-68-55(59)60)31-25-63-43(77)37-73(49(83)15-3)33-27-67-54(88)42(22-20-24-69-56(61)62)76(52(86)18-6)36-29-66-46(80)39-72(48(82)14-2)32-26-64-44(78)40-74(50(84)16-4)34-30-70-58(10,11)12/h41-42,70H,13-40H2,1-12H3,(H,63,77)(H,64,78)(H,65,79)(H,66,80)(H,67,88)(H4,59,60,68)(H4,61,62,69)/t41-,42-/m0/s1. The van der Waals surface area contributed by atoms with E-state index < -0.39 is 65.4 Å². The molecule has 0 aliphatic carbocycles. The van der Waals surface area contributed by atoms with E-state index in [4.69, 9.17) is 22.9 Å². The van der Waals surface area contributed by atoms with Gasteiger partial charge in [0.15, 0.2) is 17.7 Å². The quantitative estimate of drug-likeness (QED) is 0.0177. The van der Waals surface area contributed by atoms with Crippen LogP contribution in [0.4, 0.5) is 0 Å². The van der Waals surface area contributed by atoms with Crippen molar-refractivity contribution in [3.05, 3.63) is 0 Å². The van der Waals surface area contributed by atoms with Gasteiger partial charge < -0.3 is 84.2 Å². The lowest BCUT2D eigenvalue weighted by atomic mass is 9.84. The highest BCUT2D eigenvalue weighted by Gasteiger charge is 2.36. The fourth-order valence-corrected chi connectivity index (χ4v) is 8.93. The highest BCUT2D eigenvalue weighted by Crippen LogP contribution is 2.23. The second-order valence-corrected chi connectivity index (χ2v) is 23.0. The van der Waals surface area contributed by atoms with Gasteiger partial charge in [-0.1, -0.05) is 62.3 Å². The van der Waals surface area contributed by atoms with Crippen molar-refractivity contribution in [3.63, 3.8) is 0 Å². The molecule has 0 spiro atoms. The van der Waals surface area contributed by atoms with E-state index in [0.29, 0.717) is 25.9 Å². The van der Waals surface area contributed by atoms with Crippen LogP contribution in [0.25, 0.3) is 0 Å². The molecule has 0 fully saturated rings. The fourth-order valence-electron chi connectivity index (χ4n) is 8.93. The van der Waals surface area contributed by atoms with E-state index in [1.807, 2.05) is 20.8 Å². The molecule has 502 valence electrons. The van der Waals surface area contributed by atoms with E-state index in [-0.39, 0.29) is 196 Å². The van der Waals surface area contributed by atoms with Crippen LogP contribution < -0.4 is 54.8 Å². The molecule has 0 radical (unpaired) electrons. The van der Waals surface area contributed by atoms with Crippen molar-refractivity contribution >= 4 is 82.7 Å². The van der Waals surface area contributed by atoms with E-state index >= 15 is 0 Å². The van der Waals surface area contributed by atoms with Gasteiger partial charge in [-0.2, -0.15) is 0 Å². The Kier molecular flexibility index (Phi) is 39.3. The van der Waals surface area contributed by atoms with E-state index in [0.717, 1.165) is 0 Å². The molecule has 0 aromatic heterocycles. The van der Waals surface area contributed by atoms with Crippen molar-refractivity contribution in [3.8, 4) is 0 Å². The van der Waals surface area contributed by atoms with E-state index in [1.165, 1.54) is 29.4 Å². The van der Waals surface area contributed by atoms with E-state index in [2.05, 4.69) is 41.9 Å². The number of amides is 11. The zero-order chi connectivity index (χ0) is 67.2. The van der Waals surface area contributed by atoms with Gasteiger partial charge >= 0.3 is 0 Å². The SMILES string of the molecule is CCC(=O)N(CCNC(=O)CN(CCNC(C)(C)C)C(=O)CC)CC(=O)NCCN(C(=O)CC)[C@@H](CCCN=C(N)N)C(=O)NCCN(CC(=O)NCCN(CC(=O)NCCN(C(=O)CC)[C@@H](CCCN=C(N)N)C(=O)C(C)(C)C)C(=O)CC)C(=O)CC. The Balaban J connectivity index is 5.91. The van der Waals surface area contributed by atoms with Gasteiger partial charge in [-0.05, 0) is 46.5 Å². The van der Waals surface area contributed by atoms with Crippen LogP contribution >= 0.6 is 0 Å². The number of hydrogen-bond acceptors (Lipinski definition) is 15. The van der Waals surface area contributed by atoms with Crippen LogP contribution in [-0.2, 0) is 57.5 Å². The Morgan fingerprint density at radius 2 is 0.670 bits per heavy atom. The number of rotatable bonds is 44. The van der Waals surface area contributed by atoms with Crippen LogP contribution in [0.15, 0.2) is 9.98 Å². The van der Waals surface area contributed by atoms with Crippen LogP contribution in [-0.4, -0.2) is 248 Å².